The normalized spacial score (nSPS) is 28.3. The van der Waals surface area contributed by atoms with Crippen molar-refractivity contribution in [1.82, 2.24) is 0 Å². The highest BCUT2D eigenvalue weighted by Crippen LogP contribution is 2.49. The van der Waals surface area contributed by atoms with Crippen molar-refractivity contribution in [2.45, 2.75) is 67.7 Å². The van der Waals surface area contributed by atoms with E-state index in [0.29, 0.717) is 6.42 Å². The molecule has 0 spiro atoms. The summed E-state index contributed by atoms with van der Waals surface area (Å²) >= 11 is 13.7. The first-order valence-corrected chi connectivity index (χ1v) is 14.1. The number of hydrogen-bond donors (Lipinski definition) is 3. The van der Waals surface area contributed by atoms with Gasteiger partial charge in [0.05, 0.1) is 12.3 Å². The van der Waals surface area contributed by atoms with Crippen molar-refractivity contribution in [2.75, 3.05) is 6.16 Å². The molecule has 2 aromatic rings. The van der Waals surface area contributed by atoms with E-state index in [9.17, 15) is 19.5 Å². The van der Waals surface area contributed by atoms with Crippen molar-refractivity contribution in [3.8, 4) is 0 Å². The Kier molecular flexibility index (Phi) is 7.71. The fourth-order valence-corrected chi connectivity index (χ4v) is 7.09. The summed E-state index contributed by atoms with van der Waals surface area (Å²) in [6.45, 7) is 0. The average molecular weight is 497 g/mol. The van der Waals surface area contributed by atoms with E-state index in [1.807, 2.05) is 30.3 Å². The fourth-order valence-electron chi connectivity index (χ4n) is 5.50. The van der Waals surface area contributed by atoms with E-state index in [4.69, 9.17) is 23.2 Å². The van der Waals surface area contributed by atoms with Crippen LogP contribution in [0.2, 0.25) is 0 Å². The van der Waals surface area contributed by atoms with Gasteiger partial charge in [-0.05, 0) is 72.3 Å². The summed E-state index contributed by atoms with van der Waals surface area (Å²) < 4.78 is 11.3. The Morgan fingerprint density at radius 1 is 0.969 bits per heavy atom. The molecule has 174 valence electrons. The molecule has 4 rings (SSSR count). The minimum Gasteiger partial charge on any atom is -0.388 e. The van der Waals surface area contributed by atoms with Gasteiger partial charge >= 0.3 is 7.60 Å². The van der Waals surface area contributed by atoms with Gasteiger partial charge < -0.3 is 14.9 Å². The zero-order valence-corrected chi connectivity index (χ0v) is 20.4. The van der Waals surface area contributed by atoms with Crippen LogP contribution >= 0.6 is 30.8 Å². The first kappa shape index (κ1) is 24.3. The minimum absolute atomic E-state index is 0.0483. The van der Waals surface area contributed by atoms with Gasteiger partial charge in [0.25, 0.3) is 0 Å². The van der Waals surface area contributed by atoms with E-state index in [0.717, 1.165) is 55.2 Å². The fraction of sp³-hybridized carbons (Fsp3) is 0.520. The van der Waals surface area contributed by atoms with Gasteiger partial charge in [0.1, 0.15) is 0 Å². The van der Waals surface area contributed by atoms with Gasteiger partial charge in [0.15, 0.2) is 0 Å². The van der Waals surface area contributed by atoms with Crippen LogP contribution in [0.25, 0.3) is 0 Å². The molecular formula is C25H31Cl2O4P. The third-order valence-corrected chi connectivity index (χ3v) is 8.80. The number of aliphatic hydroxyl groups is 1. The summed E-state index contributed by atoms with van der Waals surface area (Å²) in [4.78, 5) is 18.4. The molecule has 1 fully saturated rings. The predicted molar refractivity (Wildman–Crippen MR) is 130 cm³/mol. The summed E-state index contributed by atoms with van der Waals surface area (Å²) in [5.41, 5.74) is 5.56. The Hall–Kier alpha value is -0.870. The second-order valence-electron chi connectivity index (χ2n) is 9.30. The second kappa shape index (κ2) is 10.2. The molecule has 0 amide bonds. The Bertz CT molecular complexity index is 992. The lowest BCUT2D eigenvalue weighted by atomic mass is 9.80. The van der Waals surface area contributed by atoms with Gasteiger partial charge in [-0.3, -0.25) is 4.57 Å². The average Bonchev–Trinajstić information content (AvgIpc) is 2.89. The van der Waals surface area contributed by atoms with Crippen LogP contribution in [0.15, 0.2) is 42.5 Å². The number of aliphatic hydroxyl groups excluding tert-OH is 1. The van der Waals surface area contributed by atoms with Gasteiger partial charge in [0, 0.05) is 16.7 Å². The SMILES string of the molecule is O=P(O)(O)CCc1cccc(CC2C(Cl)CC(Cl)C2c2cccc3c2CCCCC3O)c1. The highest BCUT2D eigenvalue weighted by molar-refractivity contribution is 7.51. The van der Waals surface area contributed by atoms with Crippen LogP contribution in [0.1, 0.15) is 65.5 Å². The molecule has 7 heteroatoms. The third kappa shape index (κ3) is 5.60. The molecule has 3 N–H and O–H groups in total. The lowest BCUT2D eigenvalue weighted by molar-refractivity contribution is 0.166. The molecule has 1 saturated carbocycles. The zero-order valence-electron chi connectivity index (χ0n) is 18.0. The van der Waals surface area contributed by atoms with Gasteiger partial charge in [-0.25, -0.2) is 0 Å². The van der Waals surface area contributed by atoms with Gasteiger partial charge in [-0.1, -0.05) is 48.9 Å². The smallest absolute Gasteiger partial charge is 0.325 e. The van der Waals surface area contributed by atoms with Crippen molar-refractivity contribution < 1.29 is 19.5 Å². The van der Waals surface area contributed by atoms with Crippen molar-refractivity contribution in [3.63, 3.8) is 0 Å². The van der Waals surface area contributed by atoms with Crippen molar-refractivity contribution in [2.24, 2.45) is 5.92 Å². The molecular weight excluding hydrogens is 466 g/mol. The van der Waals surface area contributed by atoms with Crippen molar-refractivity contribution in [3.05, 3.63) is 70.3 Å². The lowest BCUT2D eigenvalue weighted by Gasteiger charge is -2.28. The van der Waals surface area contributed by atoms with Crippen molar-refractivity contribution in [1.29, 1.82) is 0 Å². The Balaban J connectivity index is 1.61. The number of rotatable bonds is 6. The lowest BCUT2D eigenvalue weighted by Crippen LogP contribution is -2.21. The van der Waals surface area contributed by atoms with Crippen LogP contribution in [0.3, 0.4) is 0 Å². The second-order valence-corrected chi connectivity index (χ2v) is 12.2. The summed E-state index contributed by atoms with van der Waals surface area (Å²) in [7, 11) is -4.02. The first-order valence-electron chi connectivity index (χ1n) is 11.4. The van der Waals surface area contributed by atoms with Crippen molar-refractivity contribution >= 4 is 30.8 Å². The number of fused-ring (bicyclic) bond motifs is 1. The number of halogens is 2. The van der Waals surface area contributed by atoms with Crippen LogP contribution in [-0.4, -0.2) is 31.8 Å². The van der Waals surface area contributed by atoms with Crippen LogP contribution < -0.4 is 0 Å². The quantitative estimate of drug-likeness (QED) is 0.271. The van der Waals surface area contributed by atoms with E-state index < -0.39 is 13.7 Å². The third-order valence-electron chi connectivity index (χ3n) is 7.04. The number of alkyl halides is 2. The van der Waals surface area contributed by atoms with E-state index in [1.165, 1.54) is 11.1 Å². The molecule has 2 aliphatic carbocycles. The van der Waals surface area contributed by atoms with E-state index in [1.54, 1.807) is 0 Å². The maximum Gasteiger partial charge on any atom is 0.325 e. The Labute approximate surface area is 200 Å². The van der Waals surface area contributed by atoms with E-state index >= 15 is 0 Å². The molecule has 5 atom stereocenters. The van der Waals surface area contributed by atoms with Crippen LogP contribution in [0.5, 0.6) is 0 Å². The molecule has 0 aromatic heterocycles. The molecule has 2 aliphatic rings. The Morgan fingerprint density at radius 3 is 2.47 bits per heavy atom. The summed E-state index contributed by atoms with van der Waals surface area (Å²) in [6, 6.07) is 14.2. The number of benzene rings is 2. The Morgan fingerprint density at radius 2 is 1.69 bits per heavy atom. The molecule has 4 nitrogen and oxygen atoms in total. The first-order chi connectivity index (χ1) is 15.2. The van der Waals surface area contributed by atoms with Gasteiger partial charge in [-0.2, -0.15) is 0 Å². The van der Waals surface area contributed by atoms with Crippen LogP contribution in [-0.2, 0) is 23.8 Å². The molecule has 5 unspecified atom stereocenters. The van der Waals surface area contributed by atoms with Crippen LogP contribution in [0.4, 0.5) is 0 Å². The van der Waals surface area contributed by atoms with Gasteiger partial charge in [0.2, 0.25) is 0 Å². The van der Waals surface area contributed by atoms with E-state index in [2.05, 4.69) is 12.1 Å². The molecule has 0 aliphatic heterocycles. The maximum atomic E-state index is 11.3. The molecule has 0 heterocycles. The predicted octanol–water partition coefficient (Wildman–Crippen LogP) is 5.73. The summed E-state index contributed by atoms with van der Waals surface area (Å²) in [5, 5.41) is 10.5. The number of aryl methyl sites for hydroxylation is 1. The standard InChI is InChI=1S/C25H31Cl2O4P/c26-22-15-23(27)25(20-9-4-8-19-18(20)7-1-2-10-24(19)28)21(22)14-17-6-3-5-16(13-17)11-12-32(29,30)31/h3-6,8-9,13,21-25,28H,1-2,7,10-12,14-15H2,(H2,29,30,31). The molecule has 32 heavy (non-hydrogen) atoms. The summed E-state index contributed by atoms with van der Waals surface area (Å²) in [6.07, 6.45) is 5.13. The molecule has 0 saturated heterocycles. The summed E-state index contributed by atoms with van der Waals surface area (Å²) in [5.74, 6) is 0.265. The number of hydrogen-bond acceptors (Lipinski definition) is 2. The zero-order chi connectivity index (χ0) is 22.9. The highest BCUT2D eigenvalue weighted by atomic mass is 35.5. The molecule has 2 aromatic carbocycles. The topological polar surface area (TPSA) is 77.8 Å². The monoisotopic (exact) mass is 496 g/mol. The minimum atomic E-state index is -4.02. The van der Waals surface area contributed by atoms with Crippen LogP contribution in [0, 0.1) is 5.92 Å². The van der Waals surface area contributed by atoms with Gasteiger partial charge in [-0.15, -0.1) is 23.2 Å². The molecule has 0 bridgehead atoms. The highest BCUT2D eigenvalue weighted by Gasteiger charge is 2.43. The largest absolute Gasteiger partial charge is 0.388 e. The molecule has 0 radical (unpaired) electrons. The maximum absolute atomic E-state index is 11.3. The van der Waals surface area contributed by atoms with E-state index in [-0.39, 0.29) is 28.8 Å².